The number of methoxy groups -OCH3 is 1. The van der Waals surface area contributed by atoms with E-state index in [4.69, 9.17) is 4.74 Å². The number of benzene rings is 1. The summed E-state index contributed by atoms with van der Waals surface area (Å²) in [5.74, 6) is -0.134. The van der Waals surface area contributed by atoms with Crippen LogP contribution in [0.2, 0.25) is 0 Å². The average Bonchev–Trinajstić information content (AvgIpc) is 2.30. The normalized spacial score (nSPS) is 15.2. The number of hydrogen-bond donors (Lipinski definition) is 1. The number of alkyl halides is 3. The van der Waals surface area contributed by atoms with Crippen molar-refractivity contribution in [2.24, 2.45) is 5.92 Å². The first-order valence-corrected chi connectivity index (χ1v) is 6.28. The van der Waals surface area contributed by atoms with Crippen LogP contribution in [0.5, 0.6) is 5.75 Å². The first kappa shape index (κ1) is 16.8. The summed E-state index contributed by atoms with van der Waals surface area (Å²) in [5.41, 5.74) is 0.717. The fourth-order valence-electron chi connectivity index (χ4n) is 2.06. The molecule has 3 nitrogen and oxygen atoms in total. The van der Waals surface area contributed by atoms with Gasteiger partial charge in [-0.05, 0) is 23.6 Å². The third kappa shape index (κ3) is 5.38. The van der Waals surface area contributed by atoms with Crippen LogP contribution in [-0.2, 0) is 11.2 Å². The van der Waals surface area contributed by atoms with E-state index in [0.29, 0.717) is 6.42 Å². The van der Waals surface area contributed by atoms with Gasteiger partial charge in [0.25, 0.3) is 0 Å². The second-order valence-corrected chi connectivity index (χ2v) is 4.91. The van der Waals surface area contributed by atoms with E-state index in [1.165, 1.54) is 31.4 Å². The minimum Gasteiger partial charge on any atom is -0.406 e. The maximum atomic E-state index is 12.0. The average molecular weight is 292 g/mol. The summed E-state index contributed by atoms with van der Waals surface area (Å²) in [6.45, 7) is 3.86. The Morgan fingerprint density at radius 2 is 1.70 bits per heavy atom. The third-order valence-corrected chi connectivity index (χ3v) is 2.91. The quantitative estimate of drug-likeness (QED) is 0.875. The van der Waals surface area contributed by atoms with E-state index < -0.39 is 12.5 Å². The van der Waals surface area contributed by atoms with E-state index in [2.05, 4.69) is 4.74 Å². The molecule has 0 aliphatic heterocycles. The molecule has 0 aliphatic carbocycles. The van der Waals surface area contributed by atoms with E-state index in [1.807, 2.05) is 13.8 Å². The van der Waals surface area contributed by atoms with Crippen molar-refractivity contribution in [3.63, 3.8) is 0 Å². The number of hydrogen-bond acceptors (Lipinski definition) is 3. The van der Waals surface area contributed by atoms with Gasteiger partial charge in [0.2, 0.25) is 0 Å². The predicted molar refractivity (Wildman–Crippen MR) is 68.5 cm³/mol. The van der Waals surface area contributed by atoms with Crippen LogP contribution >= 0.6 is 0 Å². The lowest BCUT2D eigenvalue weighted by Gasteiger charge is -2.25. The molecule has 0 radical (unpaired) electrons. The van der Waals surface area contributed by atoms with Gasteiger partial charge >= 0.3 is 6.36 Å². The minimum absolute atomic E-state index is 0.142. The summed E-state index contributed by atoms with van der Waals surface area (Å²) in [6, 6.07) is 5.45. The lowest BCUT2D eigenvalue weighted by Crippen LogP contribution is -2.34. The van der Waals surface area contributed by atoms with Crippen LogP contribution in [0.3, 0.4) is 0 Å². The SMILES string of the molecule is COC(C(C)C)C(O)Cc1ccc(OC(F)(F)F)cc1. The summed E-state index contributed by atoms with van der Waals surface area (Å²) in [6.07, 6.45) is -5.42. The molecule has 0 amide bonds. The van der Waals surface area contributed by atoms with Crippen LogP contribution in [0.25, 0.3) is 0 Å². The molecule has 2 atom stereocenters. The van der Waals surface area contributed by atoms with Crippen molar-refractivity contribution < 1.29 is 27.8 Å². The van der Waals surface area contributed by atoms with Gasteiger partial charge in [-0.1, -0.05) is 26.0 Å². The van der Waals surface area contributed by atoms with E-state index in [0.717, 1.165) is 5.56 Å². The number of halogens is 3. The molecule has 1 rings (SSSR count). The van der Waals surface area contributed by atoms with Gasteiger partial charge in [0.05, 0.1) is 12.2 Å². The highest BCUT2D eigenvalue weighted by molar-refractivity contribution is 5.27. The van der Waals surface area contributed by atoms with Crippen molar-refractivity contribution in [3.8, 4) is 5.75 Å². The molecule has 1 aromatic rings. The van der Waals surface area contributed by atoms with Crippen molar-refractivity contribution in [2.45, 2.75) is 38.8 Å². The fraction of sp³-hybridized carbons (Fsp3) is 0.571. The highest BCUT2D eigenvalue weighted by Gasteiger charge is 2.31. The number of ether oxygens (including phenoxy) is 2. The topological polar surface area (TPSA) is 38.7 Å². The Labute approximate surface area is 116 Å². The molecule has 0 heterocycles. The van der Waals surface area contributed by atoms with Crippen LogP contribution in [0.15, 0.2) is 24.3 Å². The predicted octanol–water partition coefficient (Wildman–Crippen LogP) is 3.16. The van der Waals surface area contributed by atoms with Gasteiger partial charge in [-0.2, -0.15) is 0 Å². The van der Waals surface area contributed by atoms with Crippen molar-refractivity contribution in [2.75, 3.05) is 7.11 Å². The molecule has 0 saturated carbocycles. The summed E-state index contributed by atoms with van der Waals surface area (Å²) in [4.78, 5) is 0. The monoisotopic (exact) mass is 292 g/mol. The highest BCUT2D eigenvalue weighted by Crippen LogP contribution is 2.23. The van der Waals surface area contributed by atoms with Crippen LogP contribution in [0.4, 0.5) is 13.2 Å². The molecular weight excluding hydrogens is 273 g/mol. The van der Waals surface area contributed by atoms with E-state index >= 15 is 0 Å². The summed E-state index contributed by atoms with van der Waals surface area (Å²) in [7, 11) is 1.52. The Hall–Kier alpha value is -1.27. The van der Waals surface area contributed by atoms with Crippen molar-refractivity contribution in [3.05, 3.63) is 29.8 Å². The number of aliphatic hydroxyl groups excluding tert-OH is 1. The van der Waals surface area contributed by atoms with Gasteiger partial charge in [-0.15, -0.1) is 13.2 Å². The second kappa shape index (κ2) is 6.95. The zero-order valence-corrected chi connectivity index (χ0v) is 11.6. The van der Waals surface area contributed by atoms with E-state index in [9.17, 15) is 18.3 Å². The zero-order valence-electron chi connectivity index (χ0n) is 11.6. The maximum absolute atomic E-state index is 12.0. The highest BCUT2D eigenvalue weighted by atomic mass is 19.4. The van der Waals surface area contributed by atoms with Crippen molar-refractivity contribution in [1.29, 1.82) is 0 Å². The van der Waals surface area contributed by atoms with E-state index in [1.54, 1.807) is 0 Å². The Morgan fingerprint density at radius 1 is 1.15 bits per heavy atom. The summed E-state index contributed by atoms with van der Waals surface area (Å²) in [5, 5.41) is 10.1. The molecule has 0 aliphatic rings. The van der Waals surface area contributed by atoms with Crippen molar-refractivity contribution >= 4 is 0 Å². The van der Waals surface area contributed by atoms with Gasteiger partial charge in [-0.25, -0.2) is 0 Å². The third-order valence-electron chi connectivity index (χ3n) is 2.91. The Bertz CT molecular complexity index is 401. The first-order valence-electron chi connectivity index (χ1n) is 6.28. The minimum atomic E-state index is -4.69. The Morgan fingerprint density at radius 3 is 2.10 bits per heavy atom. The Kier molecular flexibility index (Phi) is 5.83. The van der Waals surface area contributed by atoms with Gasteiger partial charge in [0.15, 0.2) is 0 Å². The van der Waals surface area contributed by atoms with E-state index in [-0.39, 0.29) is 17.8 Å². The van der Waals surface area contributed by atoms with Gasteiger partial charge in [0.1, 0.15) is 5.75 Å². The molecular formula is C14H19F3O3. The molecule has 20 heavy (non-hydrogen) atoms. The van der Waals surface area contributed by atoms with Gasteiger partial charge < -0.3 is 14.6 Å². The molecule has 1 aromatic carbocycles. The zero-order chi connectivity index (χ0) is 15.3. The molecule has 0 fully saturated rings. The second-order valence-electron chi connectivity index (χ2n) is 4.91. The number of aliphatic hydroxyl groups is 1. The van der Waals surface area contributed by atoms with Crippen LogP contribution < -0.4 is 4.74 Å². The van der Waals surface area contributed by atoms with Crippen molar-refractivity contribution in [1.82, 2.24) is 0 Å². The van der Waals surface area contributed by atoms with Crippen LogP contribution in [0, 0.1) is 5.92 Å². The fourth-order valence-corrected chi connectivity index (χ4v) is 2.06. The smallest absolute Gasteiger partial charge is 0.406 e. The van der Waals surface area contributed by atoms with Gasteiger partial charge in [0, 0.05) is 13.5 Å². The lowest BCUT2D eigenvalue weighted by atomic mass is 9.96. The molecule has 2 unspecified atom stereocenters. The lowest BCUT2D eigenvalue weighted by molar-refractivity contribution is -0.274. The summed E-state index contributed by atoms with van der Waals surface area (Å²) >= 11 is 0. The Balaban J connectivity index is 2.65. The largest absolute Gasteiger partial charge is 0.573 e. The van der Waals surface area contributed by atoms with Gasteiger partial charge in [-0.3, -0.25) is 0 Å². The molecule has 0 saturated heterocycles. The summed E-state index contributed by atoms with van der Waals surface area (Å²) < 4.78 is 45.0. The molecule has 0 aromatic heterocycles. The maximum Gasteiger partial charge on any atom is 0.573 e. The van der Waals surface area contributed by atoms with Crippen LogP contribution in [0.1, 0.15) is 19.4 Å². The molecule has 1 N–H and O–H groups in total. The number of rotatable bonds is 6. The molecule has 6 heteroatoms. The van der Waals surface area contributed by atoms with Crippen LogP contribution in [-0.4, -0.2) is 30.8 Å². The first-order chi connectivity index (χ1) is 9.23. The molecule has 0 bridgehead atoms. The molecule has 114 valence electrons. The molecule has 0 spiro atoms. The standard InChI is InChI=1S/C14H19F3O3/c1-9(2)13(19-3)12(18)8-10-4-6-11(7-5-10)20-14(15,16)17/h4-7,9,12-13,18H,8H2,1-3H3.